The molecule has 3 rings (SSSR count). The highest BCUT2D eigenvalue weighted by atomic mass is 79.9. The fourth-order valence-corrected chi connectivity index (χ4v) is 3.86. The van der Waals surface area contributed by atoms with Crippen molar-refractivity contribution in [3.63, 3.8) is 0 Å². The molecule has 130 valence electrons. The van der Waals surface area contributed by atoms with Crippen LogP contribution >= 0.6 is 27.3 Å². The molecule has 1 unspecified atom stereocenters. The number of carbonyl (C=O) groups is 3. The maximum Gasteiger partial charge on any atom is 0.344 e. The highest BCUT2D eigenvalue weighted by Gasteiger charge is 2.48. The largest absolute Gasteiger partial charge is 0.344 e. The minimum absolute atomic E-state index is 0.408. The van der Waals surface area contributed by atoms with Crippen molar-refractivity contribution in [1.82, 2.24) is 15.8 Å². The van der Waals surface area contributed by atoms with Crippen LogP contribution in [0, 0.1) is 0 Å². The van der Waals surface area contributed by atoms with Crippen LogP contribution in [0.1, 0.15) is 28.6 Å². The van der Waals surface area contributed by atoms with Gasteiger partial charge in [0.1, 0.15) is 5.54 Å². The number of amides is 4. The summed E-state index contributed by atoms with van der Waals surface area (Å²) in [6, 6.07) is 12.5. The molecule has 1 aliphatic heterocycles. The number of aryl methyl sites for hydroxylation is 1. The Morgan fingerprint density at radius 3 is 2.60 bits per heavy atom. The molecule has 1 saturated heterocycles. The Morgan fingerprint density at radius 1 is 1.24 bits per heavy atom. The molecule has 1 atom stereocenters. The Bertz CT molecular complexity index is 824. The summed E-state index contributed by atoms with van der Waals surface area (Å²) in [4.78, 5) is 37.4. The number of benzene rings is 1. The molecule has 0 radical (unpaired) electrons. The summed E-state index contributed by atoms with van der Waals surface area (Å²) in [5.74, 6) is -0.955. The zero-order valence-electron chi connectivity index (χ0n) is 13.4. The number of hydrogen-bond acceptors (Lipinski definition) is 4. The molecular weight excluding hydrogens is 406 g/mol. The third kappa shape index (κ3) is 3.74. The number of halogens is 1. The number of nitrogens with one attached hydrogen (secondary N) is 2. The van der Waals surface area contributed by atoms with Gasteiger partial charge in [-0.1, -0.05) is 30.3 Å². The molecule has 1 aliphatic rings. The summed E-state index contributed by atoms with van der Waals surface area (Å²) in [5.41, 5.74) is 2.42. The van der Waals surface area contributed by atoms with E-state index in [2.05, 4.69) is 26.7 Å². The summed E-state index contributed by atoms with van der Waals surface area (Å²) < 4.78 is 0.794. The molecule has 25 heavy (non-hydrogen) atoms. The van der Waals surface area contributed by atoms with E-state index in [-0.39, 0.29) is 0 Å². The van der Waals surface area contributed by atoms with E-state index in [1.807, 2.05) is 30.3 Å². The number of carbonyl (C=O) groups excluding carboxylic acids is 3. The minimum atomic E-state index is -1.05. The van der Waals surface area contributed by atoms with Gasteiger partial charge in [0, 0.05) is 0 Å². The lowest BCUT2D eigenvalue weighted by Gasteiger charge is -2.21. The predicted octanol–water partition coefficient (Wildman–Crippen LogP) is 3.10. The second kappa shape index (κ2) is 6.97. The van der Waals surface area contributed by atoms with Gasteiger partial charge in [-0.25, -0.2) is 4.79 Å². The number of imide groups is 1. The molecule has 2 N–H and O–H groups in total. The first-order valence-corrected chi connectivity index (χ1v) is 9.27. The van der Waals surface area contributed by atoms with Gasteiger partial charge in [-0.3, -0.25) is 15.0 Å². The molecule has 0 aliphatic carbocycles. The summed E-state index contributed by atoms with van der Waals surface area (Å²) in [6.45, 7) is 1.67. The fourth-order valence-electron chi connectivity index (χ4n) is 2.59. The van der Waals surface area contributed by atoms with E-state index in [9.17, 15) is 14.4 Å². The van der Waals surface area contributed by atoms with Crippen molar-refractivity contribution >= 4 is 45.1 Å². The van der Waals surface area contributed by atoms with Crippen molar-refractivity contribution in [2.24, 2.45) is 0 Å². The van der Waals surface area contributed by atoms with E-state index in [0.29, 0.717) is 17.7 Å². The molecule has 8 heteroatoms. The van der Waals surface area contributed by atoms with Gasteiger partial charge in [0.15, 0.2) is 0 Å². The van der Waals surface area contributed by atoms with Crippen molar-refractivity contribution in [2.45, 2.75) is 25.3 Å². The molecular formula is C17H16BrN3O3S. The highest BCUT2D eigenvalue weighted by Crippen LogP contribution is 2.24. The molecule has 4 amide bonds. The standard InChI is InChI=1S/C17H16BrN3O3S/c1-17(10-9-11-5-3-2-4-6-11)15(23)21(16(24)19-17)20-14(22)12-7-8-13(18)25-12/h2-8H,9-10H2,1H3,(H,19,24)(H,20,22). The summed E-state index contributed by atoms with van der Waals surface area (Å²) >= 11 is 4.50. The maximum absolute atomic E-state index is 12.7. The number of thiophene rings is 1. The zero-order chi connectivity index (χ0) is 18.0. The van der Waals surface area contributed by atoms with Crippen LogP contribution in [0.5, 0.6) is 0 Å². The normalized spacial score (nSPS) is 19.8. The van der Waals surface area contributed by atoms with Gasteiger partial charge in [-0.05, 0) is 53.4 Å². The summed E-state index contributed by atoms with van der Waals surface area (Å²) in [5, 5.41) is 3.44. The van der Waals surface area contributed by atoms with Crippen LogP contribution < -0.4 is 10.7 Å². The molecule has 2 aromatic rings. The Balaban J connectivity index is 1.67. The van der Waals surface area contributed by atoms with Crippen LogP contribution in [-0.4, -0.2) is 28.4 Å². The Labute approximate surface area is 157 Å². The van der Waals surface area contributed by atoms with Crippen molar-refractivity contribution in [1.29, 1.82) is 0 Å². The van der Waals surface area contributed by atoms with Crippen LogP contribution in [0.25, 0.3) is 0 Å². The van der Waals surface area contributed by atoms with Gasteiger partial charge in [-0.15, -0.1) is 11.3 Å². The molecule has 0 spiro atoms. The van der Waals surface area contributed by atoms with Crippen LogP contribution in [0.15, 0.2) is 46.3 Å². The van der Waals surface area contributed by atoms with Crippen LogP contribution in [0.4, 0.5) is 4.79 Å². The summed E-state index contributed by atoms with van der Waals surface area (Å²) in [7, 11) is 0. The highest BCUT2D eigenvalue weighted by molar-refractivity contribution is 9.11. The average Bonchev–Trinajstić information content (AvgIpc) is 3.12. The van der Waals surface area contributed by atoms with Gasteiger partial charge in [0.25, 0.3) is 11.8 Å². The van der Waals surface area contributed by atoms with E-state index in [4.69, 9.17) is 0 Å². The topological polar surface area (TPSA) is 78.5 Å². The molecule has 6 nitrogen and oxygen atoms in total. The fraction of sp³-hybridized carbons (Fsp3) is 0.235. The van der Waals surface area contributed by atoms with Crippen molar-refractivity contribution in [2.75, 3.05) is 0 Å². The number of hydrogen-bond donors (Lipinski definition) is 2. The number of nitrogens with zero attached hydrogens (tertiary/aromatic N) is 1. The average molecular weight is 422 g/mol. The van der Waals surface area contributed by atoms with Gasteiger partial charge in [0.2, 0.25) is 0 Å². The first-order valence-electron chi connectivity index (χ1n) is 7.66. The second-order valence-corrected chi connectivity index (χ2v) is 8.40. The van der Waals surface area contributed by atoms with Gasteiger partial charge < -0.3 is 5.32 Å². The summed E-state index contributed by atoms with van der Waals surface area (Å²) in [6.07, 6.45) is 1.08. The molecule has 1 aromatic heterocycles. The molecule has 0 bridgehead atoms. The van der Waals surface area contributed by atoms with Crippen molar-refractivity contribution < 1.29 is 14.4 Å². The predicted molar refractivity (Wildman–Crippen MR) is 98.0 cm³/mol. The Morgan fingerprint density at radius 2 is 1.96 bits per heavy atom. The van der Waals surface area contributed by atoms with Crippen LogP contribution in [0.3, 0.4) is 0 Å². The first-order chi connectivity index (χ1) is 11.9. The quantitative estimate of drug-likeness (QED) is 0.727. The second-order valence-electron chi connectivity index (χ2n) is 5.93. The first kappa shape index (κ1) is 17.6. The zero-order valence-corrected chi connectivity index (χ0v) is 15.8. The number of rotatable bonds is 5. The molecule has 0 saturated carbocycles. The van der Waals surface area contributed by atoms with Gasteiger partial charge in [-0.2, -0.15) is 5.01 Å². The van der Waals surface area contributed by atoms with Gasteiger partial charge in [0.05, 0.1) is 8.66 Å². The van der Waals surface area contributed by atoms with Gasteiger partial charge >= 0.3 is 6.03 Å². The van der Waals surface area contributed by atoms with Crippen LogP contribution in [-0.2, 0) is 11.2 Å². The Hall–Kier alpha value is -2.19. The minimum Gasteiger partial charge on any atom is -0.322 e. The smallest absolute Gasteiger partial charge is 0.322 e. The number of urea groups is 1. The van der Waals surface area contributed by atoms with E-state index >= 15 is 0 Å². The third-order valence-corrected chi connectivity index (χ3v) is 5.65. The lowest BCUT2D eigenvalue weighted by atomic mass is 9.93. The third-order valence-electron chi connectivity index (χ3n) is 4.03. The van der Waals surface area contributed by atoms with Crippen molar-refractivity contribution in [3.05, 3.63) is 56.7 Å². The molecule has 2 heterocycles. The molecule has 1 fully saturated rings. The lowest BCUT2D eigenvalue weighted by Crippen LogP contribution is -2.48. The van der Waals surface area contributed by atoms with Crippen LogP contribution in [0.2, 0.25) is 0 Å². The SMILES string of the molecule is CC1(CCc2ccccc2)NC(=O)N(NC(=O)c2ccc(Br)s2)C1=O. The number of hydrazine groups is 1. The van der Waals surface area contributed by atoms with E-state index in [1.165, 1.54) is 11.3 Å². The Kier molecular flexibility index (Phi) is 4.91. The van der Waals surface area contributed by atoms with E-state index < -0.39 is 23.4 Å². The maximum atomic E-state index is 12.7. The van der Waals surface area contributed by atoms with E-state index in [0.717, 1.165) is 14.4 Å². The van der Waals surface area contributed by atoms with Crippen molar-refractivity contribution in [3.8, 4) is 0 Å². The molecule has 1 aromatic carbocycles. The van der Waals surface area contributed by atoms with E-state index in [1.54, 1.807) is 19.1 Å². The lowest BCUT2D eigenvalue weighted by molar-refractivity contribution is -0.132. The monoisotopic (exact) mass is 421 g/mol.